The van der Waals surface area contributed by atoms with Crippen molar-refractivity contribution in [2.75, 3.05) is 36.9 Å². The number of ether oxygens (including phenoxy) is 1. The smallest absolute Gasteiger partial charge is 0.186 e. The summed E-state index contributed by atoms with van der Waals surface area (Å²) >= 11 is 1.71. The molecule has 3 rings (SSSR count). The van der Waals surface area contributed by atoms with Crippen molar-refractivity contribution in [1.82, 2.24) is 4.98 Å². The molecule has 0 amide bonds. The van der Waals surface area contributed by atoms with Gasteiger partial charge < -0.3 is 15.4 Å². The normalized spacial score (nSPS) is 16.6. The van der Waals surface area contributed by atoms with Crippen LogP contribution < -0.4 is 10.6 Å². The van der Waals surface area contributed by atoms with Crippen LogP contribution in [0.25, 0.3) is 10.2 Å². The molecule has 90 valence electrons. The number of fused-ring (bicyclic) bond motifs is 1. The Morgan fingerprint density at radius 3 is 2.88 bits per heavy atom. The maximum absolute atomic E-state index is 6.00. The van der Waals surface area contributed by atoms with E-state index in [1.807, 2.05) is 6.07 Å². The fourth-order valence-electron chi connectivity index (χ4n) is 2.08. The number of rotatable bonds is 1. The molecular formula is C12H15N3OS. The van der Waals surface area contributed by atoms with Crippen LogP contribution in [0.2, 0.25) is 0 Å². The molecule has 0 saturated carbocycles. The fourth-order valence-corrected chi connectivity index (χ4v) is 3.23. The molecule has 1 aromatic carbocycles. The molecule has 0 unspecified atom stereocenters. The van der Waals surface area contributed by atoms with Crippen LogP contribution in [0.5, 0.6) is 0 Å². The largest absolute Gasteiger partial charge is 0.397 e. The van der Waals surface area contributed by atoms with Gasteiger partial charge in [0.1, 0.15) is 5.52 Å². The van der Waals surface area contributed by atoms with Gasteiger partial charge in [-0.25, -0.2) is 4.98 Å². The second-order valence-corrected chi connectivity index (χ2v) is 5.31. The lowest BCUT2D eigenvalue weighted by Crippen LogP contribution is -2.36. The Morgan fingerprint density at radius 2 is 2.12 bits per heavy atom. The molecule has 2 aromatic rings. The van der Waals surface area contributed by atoms with Gasteiger partial charge in [0.15, 0.2) is 5.13 Å². The minimum atomic E-state index is 0.774. The average Bonchev–Trinajstić information content (AvgIpc) is 2.74. The predicted octanol–water partition coefficient (Wildman–Crippen LogP) is 2.02. The summed E-state index contributed by atoms with van der Waals surface area (Å²) < 4.78 is 6.52. The average molecular weight is 249 g/mol. The zero-order valence-electron chi connectivity index (χ0n) is 9.77. The lowest BCUT2D eigenvalue weighted by molar-refractivity contribution is 0.122. The van der Waals surface area contributed by atoms with Crippen LogP contribution in [0.15, 0.2) is 12.1 Å². The Labute approximate surface area is 104 Å². The molecule has 1 aliphatic heterocycles. The fraction of sp³-hybridized carbons (Fsp3) is 0.417. The summed E-state index contributed by atoms with van der Waals surface area (Å²) in [7, 11) is 0. The first-order valence-corrected chi connectivity index (χ1v) is 6.55. The number of benzene rings is 1. The van der Waals surface area contributed by atoms with Crippen LogP contribution in [-0.4, -0.2) is 31.3 Å². The first-order chi connectivity index (χ1) is 8.24. The Hall–Kier alpha value is -1.33. The van der Waals surface area contributed by atoms with Crippen molar-refractivity contribution in [1.29, 1.82) is 0 Å². The molecule has 1 aliphatic rings. The van der Waals surface area contributed by atoms with Gasteiger partial charge in [-0.05, 0) is 24.6 Å². The van der Waals surface area contributed by atoms with Gasteiger partial charge in [0.25, 0.3) is 0 Å². The van der Waals surface area contributed by atoms with Crippen LogP contribution in [0.4, 0.5) is 10.8 Å². The zero-order chi connectivity index (χ0) is 11.8. The molecule has 4 nitrogen and oxygen atoms in total. The van der Waals surface area contributed by atoms with E-state index in [4.69, 9.17) is 10.5 Å². The molecule has 2 N–H and O–H groups in total. The molecule has 0 radical (unpaired) electrons. The van der Waals surface area contributed by atoms with Gasteiger partial charge in [0, 0.05) is 13.1 Å². The summed E-state index contributed by atoms with van der Waals surface area (Å²) in [6.45, 7) is 5.45. The number of nitrogens with zero attached hydrogens (tertiary/aromatic N) is 2. The predicted molar refractivity (Wildman–Crippen MR) is 71.8 cm³/mol. The summed E-state index contributed by atoms with van der Waals surface area (Å²) in [6, 6.07) is 4.12. The molecular weight excluding hydrogens is 234 g/mol. The van der Waals surface area contributed by atoms with Gasteiger partial charge in [-0.15, -0.1) is 0 Å². The van der Waals surface area contributed by atoms with Crippen molar-refractivity contribution in [3.8, 4) is 0 Å². The molecule has 1 aromatic heterocycles. The Morgan fingerprint density at radius 1 is 1.35 bits per heavy atom. The monoisotopic (exact) mass is 249 g/mol. The molecule has 0 atom stereocenters. The lowest BCUT2D eigenvalue weighted by Gasteiger charge is -2.25. The highest BCUT2D eigenvalue weighted by Gasteiger charge is 2.16. The highest BCUT2D eigenvalue weighted by atomic mass is 32.1. The van der Waals surface area contributed by atoms with E-state index in [1.165, 1.54) is 10.3 Å². The first kappa shape index (κ1) is 10.8. The molecule has 0 bridgehead atoms. The number of hydrogen-bond acceptors (Lipinski definition) is 5. The Bertz CT molecular complexity index is 546. The highest BCUT2D eigenvalue weighted by molar-refractivity contribution is 7.22. The number of nitrogens with two attached hydrogens (primary N) is 1. The van der Waals surface area contributed by atoms with Crippen molar-refractivity contribution in [3.63, 3.8) is 0 Å². The van der Waals surface area contributed by atoms with E-state index in [9.17, 15) is 0 Å². The SMILES string of the molecule is Cc1cc(N)c2nc(N3CCOCC3)sc2c1. The minimum absolute atomic E-state index is 0.774. The molecule has 1 fully saturated rings. The van der Waals surface area contributed by atoms with Gasteiger partial charge in [-0.3, -0.25) is 0 Å². The number of anilines is 2. The van der Waals surface area contributed by atoms with E-state index in [-0.39, 0.29) is 0 Å². The maximum atomic E-state index is 6.00. The van der Waals surface area contributed by atoms with E-state index >= 15 is 0 Å². The standard InChI is InChI=1S/C12H15N3OS/c1-8-6-9(13)11-10(7-8)17-12(14-11)15-2-4-16-5-3-15/h6-7H,2-5,13H2,1H3. The molecule has 0 spiro atoms. The number of aryl methyl sites for hydroxylation is 1. The summed E-state index contributed by atoms with van der Waals surface area (Å²) in [6.07, 6.45) is 0. The summed E-state index contributed by atoms with van der Waals surface area (Å²) in [5.74, 6) is 0. The van der Waals surface area contributed by atoms with Gasteiger partial charge in [0.2, 0.25) is 0 Å². The van der Waals surface area contributed by atoms with E-state index < -0.39 is 0 Å². The van der Waals surface area contributed by atoms with Gasteiger partial charge in [-0.2, -0.15) is 0 Å². The number of morpholine rings is 1. The minimum Gasteiger partial charge on any atom is -0.397 e. The third-order valence-corrected chi connectivity index (χ3v) is 4.00. The topological polar surface area (TPSA) is 51.4 Å². The van der Waals surface area contributed by atoms with E-state index in [0.29, 0.717) is 0 Å². The third kappa shape index (κ3) is 1.96. The van der Waals surface area contributed by atoms with Crippen LogP contribution in [0.3, 0.4) is 0 Å². The number of aromatic nitrogens is 1. The quantitative estimate of drug-likeness (QED) is 0.786. The van der Waals surface area contributed by atoms with Crippen molar-refractivity contribution < 1.29 is 4.74 Å². The molecule has 1 saturated heterocycles. The lowest BCUT2D eigenvalue weighted by atomic mass is 10.2. The maximum Gasteiger partial charge on any atom is 0.186 e. The zero-order valence-corrected chi connectivity index (χ0v) is 10.6. The number of nitrogen functional groups attached to an aromatic ring is 1. The van der Waals surface area contributed by atoms with Crippen LogP contribution >= 0.6 is 11.3 Å². The summed E-state index contributed by atoms with van der Waals surface area (Å²) in [4.78, 5) is 6.91. The van der Waals surface area contributed by atoms with Gasteiger partial charge in [-0.1, -0.05) is 11.3 Å². The van der Waals surface area contributed by atoms with E-state index in [2.05, 4.69) is 22.9 Å². The van der Waals surface area contributed by atoms with Crippen LogP contribution in [0.1, 0.15) is 5.56 Å². The first-order valence-electron chi connectivity index (χ1n) is 5.73. The van der Waals surface area contributed by atoms with Gasteiger partial charge >= 0.3 is 0 Å². The highest BCUT2D eigenvalue weighted by Crippen LogP contribution is 2.33. The van der Waals surface area contributed by atoms with Crippen molar-refractivity contribution >= 4 is 32.4 Å². The second-order valence-electron chi connectivity index (χ2n) is 4.30. The van der Waals surface area contributed by atoms with Crippen molar-refractivity contribution in [2.45, 2.75) is 6.92 Å². The third-order valence-electron chi connectivity index (χ3n) is 2.94. The van der Waals surface area contributed by atoms with Gasteiger partial charge in [0.05, 0.1) is 23.6 Å². The summed E-state index contributed by atoms with van der Waals surface area (Å²) in [5.41, 5.74) is 8.89. The molecule has 0 aliphatic carbocycles. The van der Waals surface area contributed by atoms with Crippen LogP contribution in [-0.2, 0) is 4.74 Å². The Balaban J connectivity index is 2.03. The van der Waals surface area contributed by atoms with E-state index in [1.54, 1.807) is 11.3 Å². The second kappa shape index (κ2) is 4.16. The molecule has 2 heterocycles. The number of hydrogen-bond donors (Lipinski definition) is 1. The Kier molecular flexibility index (Phi) is 2.64. The van der Waals surface area contributed by atoms with Crippen molar-refractivity contribution in [3.05, 3.63) is 17.7 Å². The van der Waals surface area contributed by atoms with Crippen LogP contribution in [0, 0.1) is 6.92 Å². The molecule has 5 heteroatoms. The van der Waals surface area contributed by atoms with E-state index in [0.717, 1.165) is 42.6 Å². The number of thiazole rings is 1. The van der Waals surface area contributed by atoms with Crippen molar-refractivity contribution in [2.24, 2.45) is 0 Å². The molecule has 17 heavy (non-hydrogen) atoms. The summed E-state index contributed by atoms with van der Waals surface area (Å²) in [5, 5.41) is 1.06.